The van der Waals surface area contributed by atoms with E-state index in [9.17, 15) is 13.2 Å². The Hall–Kier alpha value is -1.70. The molecule has 28 heavy (non-hydrogen) atoms. The third kappa shape index (κ3) is 5.90. The summed E-state index contributed by atoms with van der Waals surface area (Å²) >= 11 is 1.61. The summed E-state index contributed by atoms with van der Waals surface area (Å²) in [7, 11) is -3.44. The molecule has 0 atom stereocenters. The minimum atomic E-state index is -3.44. The predicted molar refractivity (Wildman–Crippen MR) is 113 cm³/mol. The quantitative estimate of drug-likeness (QED) is 0.651. The number of amides is 1. The van der Waals surface area contributed by atoms with Gasteiger partial charge < -0.3 is 4.90 Å². The van der Waals surface area contributed by atoms with E-state index in [1.165, 1.54) is 10.6 Å². The van der Waals surface area contributed by atoms with Gasteiger partial charge >= 0.3 is 0 Å². The van der Waals surface area contributed by atoms with Crippen molar-refractivity contribution in [1.29, 1.82) is 0 Å². The van der Waals surface area contributed by atoms with E-state index in [0.717, 1.165) is 42.5 Å². The van der Waals surface area contributed by atoms with Gasteiger partial charge in [0.15, 0.2) is 0 Å². The predicted octanol–water partition coefficient (Wildman–Crippen LogP) is 3.87. The maximum Gasteiger partial charge on any atom is 0.238 e. The molecule has 1 fully saturated rings. The lowest BCUT2D eigenvalue weighted by atomic mass is 9.95. The molecular weight excluding hydrogens is 392 g/mol. The van der Waals surface area contributed by atoms with Crippen LogP contribution in [0.15, 0.2) is 47.8 Å². The summed E-state index contributed by atoms with van der Waals surface area (Å²) in [5.74, 6) is -0.145. The molecule has 1 aromatic carbocycles. The number of nitrogens with zero attached hydrogens (tertiary/aromatic N) is 2. The van der Waals surface area contributed by atoms with Gasteiger partial charge in [-0.15, -0.1) is 11.3 Å². The summed E-state index contributed by atoms with van der Waals surface area (Å²) in [5, 5.41) is 1.99. The van der Waals surface area contributed by atoms with Gasteiger partial charge in [-0.2, -0.15) is 4.31 Å². The second kappa shape index (κ2) is 9.67. The molecule has 7 heteroatoms. The first-order valence-corrected chi connectivity index (χ1v) is 12.5. The van der Waals surface area contributed by atoms with Crippen LogP contribution in [0.5, 0.6) is 0 Å². The monoisotopic (exact) mass is 420 g/mol. The number of hydrogen-bond acceptors (Lipinski definition) is 4. The molecule has 1 aliphatic rings. The van der Waals surface area contributed by atoms with Crippen LogP contribution >= 0.6 is 11.3 Å². The van der Waals surface area contributed by atoms with Crippen molar-refractivity contribution in [2.45, 2.75) is 51.2 Å². The van der Waals surface area contributed by atoms with Crippen LogP contribution in [-0.4, -0.2) is 42.4 Å². The number of hydrogen-bond donors (Lipinski definition) is 0. The number of carbonyl (C=O) groups is 1. The van der Waals surface area contributed by atoms with Crippen molar-refractivity contribution in [3.8, 4) is 0 Å². The first-order chi connectivity index (χ1) is 13.4. The van der Waals surface area contributed by atoms with Crippen LogP contribution in [0.3, 0.4) is 0 Å². The second-order valence-corrected chi connectivity index (χ2v) is 10.4. The van der Waals surface area contributed by atoms with Crippen LogP contribution in [0, 0.1) is 0 Å². The molecule has 0 aliphatic heterocycles. The van der Waals surface area contributed by atoms with Crippen molar-refractivity contribution in [3.63, 3.8) is 0 Å². The van der Waals surface area contributed by atoms with Crippen LogP contribution < -0.4 is 0 Å². The summed E-state index contributed by atoms with van der Waals surface area (Å²) < 4.78 is 26.3. The number of carbonyl (C=O) groups excluding carboxylic acids is 1. The highest BCUT2D eigenvalue weighted by Crippen LogP contribution is 2.25. The van der Waals surface area contributed by atoms with E-state index in [4.69, 9.17) is 0 Å². The van der Waals surface area contributed by atoms with E-state index in [-0.39, 0.29) is 18.5 Å². The molecule has 0 bridgehead atoms. The summed E-state index contributed by atoms with van der Waals surface area (Å²) in [5.41, 5.74) is 1.04. The molecule has 2 aromatic rings. The molecule has 3 rings (SSSR count). The molecule has 0 unspecified atom stereocenters. The molecular formula is C21H28N2O3S2. The molecule has 1 aromatic heterocycles. The summed E-state index contributed by atoms with van der Waals surface area (Å²) in [6.45, 7) is 0.884. The largest absolute Gasteiger partial charge is 0.332 e. The fourth-order valence-electron chi connectivity index (χ4n) is 3.75. The van der Waals surface area contributed by atoms with Gasteiger partial charge in [0, 0.05) is 17.5 Å². The Labute approximate surface area is 172 Å². The van der Waals surface area contributed by atoms with Crippen molar-refractivity contribution in [2.24, 2.45) is 0 Å². The Morgan fingerprint density at radius 2 is 1.75 bits per heavy atom. The Morgan fingerprint density at radius 1 is 1.04 bits per heavy atom. The fourth-order valence-corrected chi connectivity index (χ4v) is 5.56. The van der Waals surface area contributed by atoms with E-state index in [0.29, 0.717) is 13.1 Å². The first-order valence-electron chi connectivity index (χ1n) is 9.74. The summed E-state index contributed by atoms with van der Waals surface area (Å²) in [6, 6.07) is 13.7. The number of rotatable bonds is 8. The standard InChI is InChI=1S/C21H28N2O3S2/c1-28(25,26)23(19-11-6-3-7-12-19)17-21(24)22(16-20-13-8-14-27-20)15-18-9-4-2-5-10-18/h2,4-5,8-10,13-14,19H,3,6-7,11-12,15-17H2,1H3. The van der Waals surface area contributed by atoms with Gasteiger partial charge in [-0.05, 0) is 29.9 Å². The highest BCUT2D eigenvalue weighted by atomic mass is 32.2. The minimum absolute atomic E-state index is 0.0620. The molecule has 152 valence electrons. The van der Waals surface area contributed by atoms with Crippen LogP contribution in [0.1, 0.15) is 42.5 Å². The zero-order valence-electron chi connectivity index (χ0n) is 16.3. The van der Waals surface area contributed by atoms with Crippen molar-refractivity contribution in [2.75, 3.05) is 12.8 Å². The molecule has 0 radical (unpaired) electrons. The van der Waals surface area contributed by atoms with Crippen LogP contribution in [-0.2, 0) is 27.9 Å². The average molecular weight is 421 g/mol. The van der Waals surface area contributed by atoms with Crippen molar-refractivity contribution in [3.05, 3.63) is 58.3 Å². The molecule has 1 aliphatic carbocycles. The Bertz CT molecular complexity index is 845. The average Bonchev–Trinajstić information content (AvgIpc) is 3.19. The fraction of sp³-hybridized carbons (Fsp3) is 0.476. The highest BCUT2D eigenvalue weighted by molar-refractivity contribution is 7.88. The van der Waals surface area contributed by atoms with Crippen molar-refractivity contribution < 1.29 is 13.2 Å². The van der Waals surface area contributed by atoms with Crippen LogP contribution in [0.25, 0.3) is 0 Å². The summed E-state index contributed by atoms with van der Waals surface area (Å²) in [6.07, 6.45) is 6.08. The smallest absolute Gasteiger partial charge is 0.238 e. The Balaban J connectivity index is 1.78. The summed E-state index contributed by atoms with van der Waals surface area (Å²) in [4.78, 5) is 16.1. The lowest BCUT2D eigenvalue weighted by molar-refractivity contribution is -0.133. The molecule has 5 nitrogen and oxygen atoms in total. The lowest BCUT2D eigenvalue weighted by Gasteiger charge is -2.33. The minimum Gasteiger partial charge on any atom is -0.332 e. The van der Waals surface area contributed by atoms with Gasteiger partial charge in [0.2, 0.25) is 15.9 Å². The maximum absolute atomic E-state index is 13.2. The molecule has 1 saturated carbocycles. The van der Waals surface area contributed by atoms with Gasteiger partial charge in [-0.3, -0.25) is 4.79 Å². The molecule has 0 saturated heterocycles. The molecule has 1 amide bonds. The van der Waals surface area contributed by atoms with Crippen LogP contribution in [0.2, 0.25) is 0 Å². The number of sulfonamides is 1. The molecule has 1 heterocycles. The first kappa shape index (κ1) is 21.0. The third-order valence-electron chi connectivity index (χ3n) is 5.19. The number of benzene rings is 1. The molecule has 0 N–H and O–H groups in total. The zero-order chi connectivity index (χ0) is 20.0. The van der Waals surface area contributed by atoms with E-state index in [2.05, 4.69) is 0 Å². The van der Waals surface area contributed by atoms with E-state index in [1.807, 2.05) is 47.8 Å². The zero-order valence-corrected chi connectivity index (χ0v) is 17.9. The Morgan fingerprint density at radius 3 is 2.36 bits per heavy atom. The van der Waals surface area contributed by atoms with Gasteiger partial charge in [0.1, 0.15) is 0 Å². The normalized spacial score (nSPS) is 15.6. The van der Waals surface area contributed by atoms with Crippen molar-refractivity contribution >= 4 is 27.3 Å². The molecule has 0 spiro atoms. The van der Waals surface area contributed by atoms with E-state index in [1.54, 1.807) is 16.2 Å². The third-order valence-corrected chi connectivity index (χ3v) is 7.34. The van der Waals surface area contributed by atoms with Crippen molar-refractivity contribution in [1.82, 2.24) is 9.21 Å². The lowest BCUT2D eigenvalue weighted by Crippen LogP contribution is -2.47. The van der Waals surface area contributed by atoms with Gasteiger partial charge in [-0.1, -0.05) is 55.7 Å². The SMILES string of the molecule is CS(=O)(=O)N(CC(=O)N(Cc1ccccc1)Cc1cccs1)C1CCCCC1. The van der Waals surface area contributed by atoms with Gasteiger partial charge in [-0.25, -0.2) is 8.42 Å². The maximum atomic E-state index is 13.2. The van der Waals surface area contributed by atoms with Gasteiger partial charge in [0.05, 0.1) is 19.3 Å². The van der Waals surface area contributed by atoms with Crippen LogP contribution in [0.4, 0.5) is 0 Å². The number of thiophene rings is 1. The van der Waals surface area contributed by atoms with E-state index < -0.39 is 10.0 Å². The highest BCUT2D eigenvalue weighted by Gasteiger charge is 2.31. The van der Waals surface area contributed by atoms with E-state index >= 15 is 0 Å². The topological polar surface area (TPSA) is 57.7 Å². The van der Waals surface area contributed by atoms with Gasteiger partial charge in [0.25, 0.3) is 0 Å². The Kier molecular flexibility index (Phi) is 7.26. The second-order valence-electron chi connectivity index (χ2n) is 7.41.